The first-order chi connectivity index (χ1) is 7.01. The van der Waals surface area contributed by atoms with E-state index in [4.69, 9.17) is 0 Å². The average molecular weight is 224 g/mol. The van der Waals surface area contributed by atoms with Gasteiger partial charge in [0, 0.05) is 20.3 Å². The molecule has 0 saturated carbocycles. The molecule has 1 aromatic rings. The Balaban J connectivity index is 2.40. The van der Waals surface area contributed by atoms with Crippen molar-refractivity contribution in [2.24, 2.45) is 4.99 Å². The van der Waals surface area contributed by atoms with E-state index in [1.807, 2.05) is 6.07 Å². The van der Waals surface area contributed by atoms with E-state index in [-0.39, 0.29) is 6.04 Å². The zero-order valence-electron chi connectivity index (χ0n) is 8.58. The Bertz CT molecular complexity index is 500. The maximum atomic E-state index is 11.8. The van der Waals surface area contributed by atoms with Crippen LogP contribution in [0.1, 0.15) is 11.6 Å². The molecule has 1 unspecified atom stereocenters. The van der Waals surface area contributed by atoms with Gasteiger partial charge in [0.2, 0.25) is 10.0 Å². The van der Waals surface area contributed by atoms with Crippen LogP contribution in [0.4, 0.5) is 0 Å². The van der Waals surface area contributed by atoms with Gasteiger partial charge in [-0.1, -0.05) is 12.1 Å². The largest absolute Gasteiger partial charge is 0.281 e. The molecule has 0 aliphatic carbocycles. The van der Waals surface area contributed by atoms with Gasteiger partial charge in [-0.15, -0.1) is 0 Å². The third-order valence-corrected chi connectivity index (χ3v) is 4.09. The summed E-state index contributed by atoms with van der Waals surface area (Å²) in [6, 6.07) is 6.98. The second-order valence-electron chi connectivity index (χ2n) is 3.60. The molecule has 1 atom stereocenters. The van der Waals surface area contributed by atoms with Crippen molar-refractivity contribution in [2.45, 2.75) is 10.9 Å². The highest BCUT2D eigenvalue weighted by Crippen LogP contribution is 2.26. The van der Waals surface area contributed by atoms with Crippen molar-refractivity contribution in [1.29, 1.82) is 0 Å². The van der Waals surface area contributed by atoms with Crippen LogP contribution in [0, 0.1) is 0 Å². The van der Waals surface area contributed by atoms with E-state index in [2.05, 4.69) is 4.99 Å². The summed E-state index contributed by atoms with van der Waals surface area (Å²) in [4.78, 5) is 4.33. The predicted octanol–water partition coefficient (Wildman–Crippen LogP) is 1.06. The van der Waals surface area contributed by atoms with E-state index in [9.17, 15) is 8.42 Å². The quantitative estimate of drug-likeness (QED) is 0.771. The van der Waals surface area contributed by atoms with Gasteiger partial charge in [-0.05, 0) is 17.7 Å². The van der Waals surface area contributed by atoms with Crippen LogP contribution in [-0.2, 0) is 10.0 Å². The number of rotatable bonds is 3. The van der Waals surface area contributed by atoms with Gasteiger partial charge < -0.3 is 0 Å². The Hall–Kier alpha value is -1.20. The second-order valence-corrected chi connectivity index (χ2v) is 5.75. The summed E-state index contributed by atoms with van der Waals surface area (Å²) in [6.45, 7) is 0. The van der Waals surface area contributed by atoms with Gasteiger partial charge in [-0.2, -0.15) is 0 Å². The lowest BCUT2D eigenvalue weighted by molar-refractivity contribution is 0.520. The summed E-state index contributed by atoms with van der Waals surface area (Å²) >= 11 is 0. The van der Waals surface area contributed by atoms with Gasteiger partial charge in [-0.25, -0.2) is 12.7 Å². The monoisotopic (exact) mass is 224 g/mol. The molecule has 80 valence electrons. The van der Waals surface area contributed by atoms with Crippen LogP contribution in [0.25, 0.3) is 0 Å². The smallest absolute Gasteiger partial charge is 0.242 e. The van der Waals surface area contributed by atoms with Gasteiger partial charge in [0.1, 0.15) is 6.04 Å². The summed E-state index contributed by atoms with van der Waals surface area (Å²) in [7, 11) is -0.280. The minimum atomic E-state index is -3.33. The van der Waals surface area contributed by atoms with Crippen LogP contribution in [-0.4, -0.2) is 33.0 Å². The highest BCUT2D eigenvalue weighted by molar-refractivity contribution is 7.89. The highest BCUT2D eigenvalue weighted by atomic mass is 32.2. The summed E-state index contributed by atoms with van der Waals surface area (Å²) in [5, 5.41) is 0. The average Bonchev–Trinajstić information content (AvgIpc) is 3.01. The van der Waals surface area contributed by atoms with Crippen LogP contribution >= 0.6 is 0 Å². The van der Waals surface area contributed by atoms with Crippen molar-refractivity contribution in [3.63, 3.8) is 0 Å². The minimum absolute atomic E-state index is 0.0855. The number of hydrogen-bond donors (Lipinski definition) is 0. The lowest BCUT2D eigenvalue weighted by Gasteiger charge is -2.11. The van der Waals surface area contributed by atoms with Gasteiger partial charge >= 0.3 is 0 Å². The first kappa shape index (κ1) is 10.3. The molecule has 15 heavy (non-hydrogen) atoms. The maximum absolute atomic E-state index is 11.8. The van der Waals surface area contributed by atoms with Crippen molar-refractivity contribution in [2.75, 3.05) is 14.1 Å². The third kappa shape index (κ3) is 1.93. The molecule has 0 radical (unpaired) electrons. The Morgan fingerprint density at radius 2 is 2.00 bits per heavy atom. The van der Waals surface area contributed by atoms with Crippen molar-refractivity contribution < 1.29 is 8.42 Å². The van der Waals surface area contributed by atoms with Gasteiger partial charge in [0.15, 0.2) is 0 Å². The van der Waals surface area contributed by atoms with E-state index in [1.165, 1.54) is 18.4 Å². The number of sulfonamides is 1. The molecule has 0 spiro atoms. The van der Waals surface area contributed by atoms with E-state index in [0.29, 0.717) is 4.90 Å². The fourth-order valence-electron chi connectivity index (χ4n) is 1.28. The molecule has 5 heteroatoms. The molecule has 1 heterocycles. The molecule has 1 aliphatic heterocycles. The standard InChI is InChI=1S/C10H12N2O2S/c1-12(2)15(13,14)9-5-3-4-8(6-9)10-7-11-10/h3-7,10H,1-2H3. The van der Waals surface area contributed by atoms with E-state index in [0.717, 1.165) is 5.56 Å². The SMILES string of the molecule is CN(C)S(=O)(=O)c1cccc(C2C=N2)c1. The lowest BCUT2D eigenvalue weighted by atomic mass is 10.1. The van der Waals surface area contributed by atoms with Gasteiger partial charge in [0.25, 0.3) is 0 Å². The summed E-state index contributed by atoms with van der Waals surface area (Å²) < 4.78 is 24.8. The first-order valence-electron chi connectivity index (χ1n) is 4.57. The topological polar surface area (TPSA) is 49.7 Å². The van der Waals surface area contributed by atoms with Crippen molar-refractivity contribution in [3.8, 4) is 0 Å². The van der Waals surface area contributed by atoms with E-state index in [1.54, 1.807) is 24.4 Å². The molecule has 4 nitrogen and oxygen atoms in total. The zero-order chi connectivity index (χ0) is 11.1. The Morgan fingerprint density at radius 3 is 2.53 bits per heavy atom. The Labute approximate surface area is 89.3 Å². The van der Waals surface area contributed by atoms with Crippen molar-refractivity contribution >= 4 is 16.2 Å². The van der Waals surface area contributed by atoms with Crippen LogP contribution in [0.3, 0.4) is 0 Å². The molecular weight excluding hydrogens is 212 g/mol. The number of aliphatic imine (C=N–C) groups is 1. The third-order valence-electron chi connectivity index (χ3n) is 2.28. The lowest BCUT2D eigenvalue weighted by Crippen LogP contribution is -2.22. The molecular formula is C10H12N2O2S. The fraction of sp³-hybridized carbons (Fsp3) is 0.300. The van der Waals surface area contributed by atoms with Gasteiger partial charge in [-0.3, -0.25) is 4.99 Å². The predicted molar refractivity (Wildman–Crippen MR) is 58.5 cm³/mol. The highest BCUT2D eigenvalue weighted by Gasteiger charge is 2.21. The van der Waals surface area contributed by atoms with E-state index < -0.39 is 10.0 Å². The molecule has 2 rings (SSSR count). The van der Waals surface area contributed by atoms with Crippen molar-refractivity contribution in [1.82, 2.24) is 4.31 Å². The molecule has 0 fully saturated rings. The van der Waals surface area contributed by atoms with E-state index >= 15 is 0 Å². The molecule has 0 saturated heterocycles. The van der Waals surface area contributed by atoms with Crippen LogP contribution in [0.15, 0.2) is 34.2 Å². The molecule has 0 amide bonds. The Morgan fingerprint density at radius 1 is 1.33 bits per heavy atom. The number of nitrogens with zero attached hydrogens (tertiary/aromatic N) is 2. The molecule has 1 aliphatic rings. The maximum Gasteiger partial charge on any atom is 0.242 e. The number of benzene rings is 1. The van der Waals surface area contributed by atoms with Crippen LogP contribution in [0.5, 0.6) is 0 Å². The minimum Gasteiger partial charge on any atom is -0.281 e. The van der Waals surface area contributed by atoms with Gasteiger partial charge in [0.05, 0.1) is 4.90 Å². The number of hydrogen-bond acceptors (Lipinski definition) is 3. The molecule has 0 N–H and O–H groups in total. The Kier molecular flexibility index (Phi) is 2.36. The zero-order valence-corrected chi connectivity index (χ0v) is 9.40. The summed E-state index contributed by atoms with van der Waals surface area (Å²) in [6.07, 6.45) is 1.79. The fourth-order valence-corrected chi connectivity index (χ4v) is 2.24. The second kappa shape index (κ2) is 3.43. The van der Waals surface area contributed by atoms with Crippen LogP contribution < -0.4 is 0 Å². The first-order valence-corrected chi connectivity index (χ1v) is 6.01. The molecule has 1 aromatic carbocycles. The van der Waals surface area contributed by atoms with Crippen LogP contribution in [0.2, 0.25) is 0 Å². The molecule has 0 bridgehead atoms. The van der Waals surface area contributed by atoms with Crippen molar-refractivity contribution in [3.05, 3.63) is 29.8 Å². The molecule has 0 aromatic heterocycles. The summed E-state index contributed by atoms with van der Waals surface area (Å²) in [5.41, 5.74) is 0.929. The normalized spacial score (nSPS) is 19.5. The summed E-state index contributed by atoms with van der Waals surface area (Å²) in [5.74, 6) is 0.